The Labute approximate surface area is 130 Å². The highest BCUT2D eigenvalue weighted by molar-refractivity contribution is 6.35. The van der Waals surface area contributed by atoms with Crippen LogP contribution in [0.3, 0.4) is 0 Å². The zero-order valence-electron chi connectivity index (χ0n) is 10.1. The molecule has 106 valence electrons. The molecule has 1 unspecified atom stereocenters. The fourth-order valence-corrected chi connectivity index (χ4v) is 2.28. The van der Waals surface area contributed by atoms with Gasteiger partial charge in [-0.2, -0.15) is 0 Å². The maximum atomic E-state index is 11.7. The van der Waals surface area contributed by atoms with E-state index in [-0.39, 0.29) is 17.5 Å². The van der Waals surface area contributed by atoms with Gasteiger partial charge in [0.2, 0.25) is 0 Å². The largest absolute Gasteiger partial charge is 0.440 e. The van der Waals surface area contributed by atoms with Crippen LogP contribution >= 0.6 is 34.8 Å². The van der Waals surface area contributed by atoms with Crippen LogP contribution in [0.4, 0.5) is 0 Å². The van der Waals surface area contributed by atoms with E-state index in [1.807, 2.05) is 0 Å². The SMILES string of the molecule is O=C(NCC(O)c1ccc(Cl)cc1Cl)c1ccc(Cl)o1. The lowest BCUT2D eigenvalue weighted by molar-refractivity contribution is 0.0889. The number of amides is 1. The first-order valence-electron chi connectivity index (χ1n) is 5.64. The Morgan fingerprint density at radius 3 is 2.60 bits per heavy atom. The molecule has 1 aromatic carbocycles. The van der Waals surface area contributed by atoms with Crippen LogP contribution in [-0.4, -0.2) is 17.6 Å². The lowest BCUT2D eigenvalue weighted by Gasteiger charge is -2.13. The monoisotopic (exact) mass is 333 g/mol. The molecule has 1 amide bonds. The third kappa shape index (κ3) is 3.67. The number of benzene rings is 1. The second-order valence-corrected chi connectivity index (χ2v) is 5.21. The molecular weight excluding hydrogens is 325 g/mol. The predicted octanol–water partition coefficient (Wildman–Crippen LogP) is 3.70. The number of carbonyl (C=O) groups is 1. The Morgan fingerprint density at radius 2 is 2.00 bits per heavy atom. The molecule has 0 radical (unpaired) electrons. The third-order valence-electron chi connectivity index (χ3n) is 2.57. The summed E-state index contributed by atoms with van der Waals surface area (Å²) in [4.78, 5) is 11.7. The zero-order valence-corrected chi connectivity index (χ0v) is 12.3. The molecule has 0 spiro atoms. The molecule has 0 saturated carbocycles. The zero-order chi connectivity index (χ0) is 14.7. The Balaban J connectivity index is 1.98. The van der Waals surface area contributed by atoms with Crippen molar-refractivity contribution < 1.29 is 14.3 Å². The smallest absolute Gasteiger partial charge is 0.287 e. The molecule has 2 aromatic rings. The number of furan rings is 1. The van der Waals surface area contributed by atoms with E-state index in [0.717, 1.165) is 0 Å². The highest BCUT2D eigenvalue weighted by atomic mass is 35.5. The van der Waals surface area contributed by atoms with Crippen molar-refractivity contribution in [2.75, 3.05) is 6.54 Å². The highest BCUT2D eigenvalue weighted by Crippen LogP contribution is 2.26. The number of aliphatic hydroxyl groups is 1. The summed E-state index contributed by atoms with van der Waals surface area (Å²) in [6, 6.07) is 7.64. The summed E-state index contributed by atoms with van der Waals surface area (Å²) >= 11 is 17.3. The van der Waals surface area contributed by atoms with Crippen molar-refractivity contribution in [1.82, 2.24) is 5.32 Å². The van der Waals surface area contributed by atoms with Crippen molar-refractivity contribution in [2.24, 2.45) is 0 Å². The minimum absolute atomic E-state index is 0.0154. The molecule has 2 N–H and O–H groups in total. The van der Waals surface area contributed by atoms with Gasteiger partial charge in [0.15, 0.2) is 11.0 Å². The number of nitrogens with one attached hydrogen (secondary N) is 1. The van der Waals surface area contributed by atoms with Gasteiger partial charge in [0.05, 0.1) is 6.10 Å². The van der Waals surface area contributed by atoms with Crippen LogP contribution in [0.2, 0.25) is 15.3 Å². The summed E-state index contributed by atoms with van der Waals surface area (Å²) in [5, 5.41) is 13.4. The van der Waals surface area contributed by atoms with Gasteiger partial charge in [0, 0.05) is 22.2 Å². The molecule has 0 bridgehead atoms. The molecule has 0 aliphatic rings. The van der Waals surface area contributed by atoms with Crippen LogP contribution < -0.4 is 5.32 Å². The number of hydrogen-bond donors (Lipinski definition) is 2. The van der Waals surface area contributed by atoms with Gasteiger partial charge < -0.3 is 14.8 Å². The van der Waals surface area contributed by atoms with Gasteiger partial charge in [-0.15, -0.1) is 0 Å². The molecule has 1 heterocycles. The van der Waals surface area contributed by atoms with Gasteiger partial charge in [-0.1, -0.05) is 29.3 Å². The molecule has 1 aromatic heterocycles. The lowest BCUT2D eigenvalue weighted by Crippen LogP contribution is -2.28. The minimum Gasteiger partial charge on any atom is -0.440 e. The van der Waals surface area contributed by atoms with Crippen molar-refractivity contribution in [2.45, 2.75) is 6.10 Å². The van der Waals surface area contributed by atoms with Gasteiger partial charge in [0.1, 0.15) is 0 Å². The number of halogens is 3. The van der Waals surface area contributed by atoms with Crippen LogP contribution in [0.5, 0.6) is 0 Å². The number of aliphatic hydroxyl groups excluding tert-OH is 1. The maximum Gasteiger partial charge on any atom is 0.287 e. The van der Waals surface area contributed by atoms with Gasteiger partial charge >= 0.3 is 0 Å². The highest BCUT2D eigenvalue weighted by Gasteiger charge is 2.15. The van der Waals surface area contributed by atoms with Crippen LogP contribution in [-0.2, 0) is 0 Å². The first-order chi connectivity index (χ1) is 9.47. The van der Waals surface area contributed by atoms with Crippen LogP contribution in [0.15, 0.2) is 34.7 Å². The molecule has 4 nitrogen and oxygen atoms in total. The third-order valence-corrected chi connectivity index (χ3v) is 3.34. The fraction of sp³-hybridized carbons (Fsp3) is 0.154. The Bertz CT molecular complexity index is 627. The van der Waals surface area contributed by atoms with E-state index in [4.69, 9.17) is 39.2 Å². The predicted molar refractivity (Wildman–Crippen MR) is 77.5 cm³/mol. The van der Waals surface area contributed by atoms with E-state index < -0.39 is 12.0 Å². The van der Waals surface area contributed by atoms with Crippen molar-refractivity contribution in [3.8, 4) is 0 Å². The van der Waals surface area contributed by atoms with Gasteiger partial charge in [-0.25, -0.2) is 0 Å². The maximum absolute atomic E-state index is 11.7. The summed E-state index contributed by atoms with van der Waals surface area (Å²) in [5.41, 5.74) is 0.480. The van der Waals surface area contributed by atoms with Gasteiger partial charge in [-0.3, -0.25) is 4.79 Å². The minimum atomic E-state index is -0.950. The molecule has 20 heavy (non-hydrogen) atoms. The van der Waals surface area contributed by atoms with E-state index >= 15 is 0 Å². The molecule has 1 atom stereocenters. The number of rotatable bonds is 4. The molecule has 0 saturated heterocycles. The van der Waals surface area contributed by atoms with Crippen LogP contribution in [0.1, 0.15) is 22.2 Å². The van der Waals surface area contributed by atoms with Gasteiger partial charge in [0.25, 0.3) is 5.91 Å². The normalized spacial score (nSPS) is 12.2. The second-order valence-electron chi connectivity index (χ2n) is 4.00. The van der Waals surface area contributed by atoms with E-state index in [9.17, 15) is 9.90 Å². The molecular formula is C13H10Cl3NO3. The van der Waals surface area contributed by atoms with E-state index in [0.29, 0.717) is 15.6 Å². The van der Waals surface area contributed by atoms with Crippen molar-refractivity contribution in [3.63, 3.8) is 0 Å². The van der Waals surface area contributed by atoms with E-state index in [1.165, 1.54) is 18.2 Å². The quantitative estimate of drug-likeness (QED) is 0.896. The number of hydrogen-bond acceptors (Lipinski definition) is 3. The summed E-state index contributed by atoms with van der Waals surface area (Å²) in [7, 11) is 0. The molecule has 7 heteroatoms. The molecule has 2 rings (SSSR count). The van der Waals surface area contributed by atoms with Crippen molar-refractivity contribution in [1.29, 1.82) is 0 Å². The average molecular weight is 335 g/mol. The Kier molecular flexibility index (Phi) is 4.94. The fourth-order valence-electron chi connectivity index (χ4n) is 1.59. The molecule has 0 fully saturated rings. The van der Waals surface area contributed by atoms with Crippen LogP contribution in [0, 0.1) is 0 Å². The van der Waals surface area contributed by atoms with E-state index in [2.05, 4.69) is 5.32 Å². The van der Waals surface area contributed by atoms with Crippen molar-refractivity contribution >= 4 is 40.7 Å². The standard InChI is InChI=1S/C13H10Cl3NO3/c14-7-1-2-8(9(15)5-7)10(18)6-17-13(19)11-3-4-12(16)20-11/h1-5,10,18H,6H2,(H,17,19). The Hall–Kier alpha value is -1.20. The first kappa shape index (κ1) is 15.2. The summed E-state index contributed by atoms with van der Waals surface area (Å²) in [6.07, 6.45) is -0.950. The topological polar surface area (TPSA) is 62.5 Å². The van der Waals surface area contributed by atoms with E-state index in [1.54, 1.807) is 12.1 Å². The Morgan fingerprint density at radius 1 is 1.25 bits per heavy atom. The lowest BCUT2D eigenvalue weighted by atomic mass is 10.1. The molecule has 0 aliphatic carbocycles. The van der Waals surface area contributed by atoms with Gasteiger partial charge in [-0.05, 0) is 35.9 Å². The number of carbonyl (C=O) groups excluding carboxylic acids is 1. The second kappa shape index (κ2) is 6.50. The summed E-state index contributed by atoms with van der Waals surface area (Å²) in [5.74, 6) is -0.398. The summed E-state index contributed by atoms with van der Waals surface area (Å²) in [6.45, 7) is -0.0154. The molecule has 0 aliphatic heterocycles. The first-order valence-corrected chi connectivity index (χ1v) is 6.77. The average Bonchev–Trinajstić information content (AvgIpc) is 2.82. The van der Waals surface area contributed by atoms with Crippen molar-refractivity contribution in [3.05, 3.63) is 56.9 Å². The van der Waals surface area contributed by atoms with Crippen LogP contribution in [0.25, 0.3) is 0 Å². The summed E-state index contributed by atoms with van der Waals surface area (Å²) < 4.78 is 4.95.